The lowest BCUT2D eigenvalue weighted by atomic mass is 9.88. The van der Waals surface area contributed by atoms with Gasteiger partial charge in [0.25, 0.3) is 0 Å². The molecule has 2 heterocycles. The number of H-pyrrole nitrogens is 1. The fourth-order valence-corrected chi connectivity index (χ4v) is 5.15. The summed E-state index contributed by atoms with van der Waals surface area (Å²) in [7, 11) is 5.47. The molecule has 1 atom stereocenters. The van der Waals surface area contributed by atoms with E-state index in [9.17, 15) is 14.4 Å². The summed E-state index contributed by atoms with van der Waals surface area (Å²) in [6.07, 6.45) is 0. The molecule has 2 aromatic rings. The first-order valence-electron chi connectivity index (χ1n) is 7.98. The van der Waals surface area contributed by atoms with Crippen molar-refractivity contribution in [1.82, 2.24) is 4.98 Å². The van der Waals surface area contributed by atoms with Crippen molar-refractivity contribution in [3.63, 3.8) is 0 Å². The van der Waals surface area contributed by atoms with Crippen molar-refractivity contribution < 1.29 is 28.5 Å². The van der Waals surface area contributed by atoms with Crippen molar-refractivity contribution >= 4 is 35.0 Å². The predicted octanol–water partition coefficient (Wildman–Crippen LogP) is 2.29. The molecule has 0 amide bonds. The average molecular weight is 423 g/mol. The first-order chi connectivity index (χ1) is 13.4. The Morgan fingerprint density at radius 2 is 1.68 bits per heavy atom. The van der Waals surface area contributed by atoms with E-state index in [0.29, 0.717) is 27.0 Å². The van der Waals surface area contributed by atoms with E-state index in [1.807, 2.05) is 0 Å². The van der Waals surface area contributed by atoms with E-state index in [1.165, 1.54) is 28.4 Å². The quantitative estimate of drug-likeness (QED) is 0.731. The minimum absolute atomic E-state index is 0.0654. The Morgan fingerprint density at radius 3 is 2.29 bits per heavy atom. The molecule has 10 heteroatoms. The fraction of sp³-hybridized carbons (Fsp3) is 0.278. The Hall–Kier alpha value is -2.72. The summed E-state index contributed by atoms with van der Waals surface area (Å²) in [5.74, 6) is -1.11. The summed E-state index contributed by atoms with van der Waals surface area (Å²) in [5.41, 5.74) is 0.741. The molecule has 0 bridgehead atoms. The molecule has 0 unspecified atom stereocenters. The smallest absolute Gasteiger partial charge is 0.345 e. The van der Waals surface area contributed by atoms with Crippen molar-refractivity contribution in [1.29, 1.82) is 0 Å². The molecular formula is C18H17NO7S2. The zero-order chi connectivity index (χ0) is 20.4. The van der Waals surface area contributed by atoms with Gasteiger partial charge in [-0.15, -0.1) is 0 Å². The van der Waals surface area contributed by atoms with Crippen LogP contribution in [-0.2, 0) is 19.1 Å². The molecule has 3 rings (SSSR count). The summed E-state index contributed by atoms with van der Waals surface area (Å²) >= 11 is 1.95. The third kappa shape index (κ3) is 3.40. The monoisotopic (exact) mass is 423 g/mol. The van der Waals surface area contributed by atoms with Gasteiger partial charge in [0.05, 0.1) is 49.8 Å². The fourth-order valence-electron chi connectivity index (χ4n) is 2.93. The van der Waals surface area contributed by atoms with E-state index in [4.69, 9.17) is 18.9 Å². The molecule has 0 aliphatic carbocycles. The number of ether oxygens (including phenoxy) is 4. The molecular weight excluding hydrogens is 406 g/mol. The second kappa shape index (κ2) is 8.11. The Labute approximate surface area is 168 Å². The number of nitrogens with one attached hydrogen (secondary N) is 1. The van der Waals surface area contributed by atoms with Crippen LogP contribution in [0.3, 0.4) is 0 Å². The maximum atomic E-state index is 12.6. The molecule has 0 fully saturated rings. The van der Waals surface area contributed by atoms with Gasteiger partial charge < -0.3 is 23.9 Å². The lowest BCUT2D eigenvalue weighted by molar-refractivity contribution is -0.139. The van der Waals surface area contributed by atoms with Crippen LogP contribution in [0, 0.1) is 0 Å². The van der Waals surface area contributed by atoms with Crippen molar-refractivity contribution in [3.8, 4) is 11.5 Å². The number of hydrogen-bond acceptors (Lipinski definition) is 9. The molecule has 1 aliphatic heterocycles. The third-order valence-electron chi connectivity index (χ3n) is 4.16. The molecule has 1 aliphatic rings. The Kier molecular flexibility index (Phi) is 5.80. The van der Waals surface area contributed by atoms with E-state index in [0.717, 1.165) is 23.1 Å². The van der Waals surface area contributed by atoms with Gasteiger partial charge in [-0.1, -0.05) is 29.2 Å². The number of methoxy groups -OCH3 is 4. The van der Waals surface area contributed by atoms with Gasteiger partial charge in [-0.25, -0.2) is 9.59 Å². The minimum Gasteiger partial charge on any atom is -0.493 e. The number of thioether (sulfide) groups is 1. The molecule has 1 aromatic carbocycles. The number of aromatic amines is 1. The molecule has 8 nitrogen and oxygen atoms in total. The largest absolute Gasteiger partial charge is 0.493 e. The minimum atomic E-state index is -0.707. The van der Waals surface area contributed by atoms with Crippen LogP contribution in [-0.4, -0.2) is 45.4 Å². The number of benzene rings is 1. The summed E-state index contributed by atoms with van der Waals surface area (Å²) in [5, 5.41) is 0.489. The zero-order valence-electron chi connectivity index (χ0n) is 15.5. The van der Waals surface area contributed by atoms with Crippen LogP contribution in [0.4, 0.5) is 0 Å². The number of fused-ring (bicyclic) bond motifs is 1. The van der Waals surface area contributed by atoms with Gasteiger partial charge in [-0.05, 0) is 17.7 Å². The number of carbonyl (C=O) groups excluding carboxylic acids is 2. The summed E-state index contributed by atoms with van der Waals surface area (Å²) in [6.45, 7) is 0. The highest BCUT2D eigenvalue weighted by atomic mass is 32.2. The number of aromatic nitrogens is 1. The van der Waals surface area contributed by atoms with Gasteiger partial charge in [-0.3, -0.25) is 4.79 Å². The van der Waals surface area contributed by atoms with Crippen LogP contribution in [0.1, 0.15) is 16.4 Å². The lowest BCUT2D eigenvalue weighted by Crippen LogP contribution is -2.22. The van der Waals surface area contributed by atoms with Crippen LogP contribution in [0.15, 0.2) is 38.5 Å². The number of rotatable bonds is 5. The van der Waals surface area contributed by atoms with Crippen LogP contribution in [0.25, 0.3) is 0 Å². The second-order valence-electron chi connectivity index (χ2n) is 5.58. The maximum Gasteiger partial charge on any atom is 0.345 e. The molecule has 0 radical (unpaired) electrons. The van der Waals surface area contributed by atoms with E-state index in [1.54, 1.807) is 18.2 Å². The van der Waals surface area contributed by atoms with Crippen molar-refractivity contribution in [2.24, 2.45) is 0 Å². The molecule has 1 N–H and O–H groups in total. The summed E-state index contributed by atoms with van der Waals surface area (Å²) in [6, 6.07) is 5.14. The van der Waals surface area contributed by atoms with Gasteiger partial charge in [0, 0.05) is 0 Å². The van der Waals surface area contributed by atoms with Crippen LogP contribution in [0.2, 0.25) is 0 Å². The van der Waals surface area contributed by atoms with Gasteiger partial charge in [-0.2, -0.15) is 0 Å². The first kappa shape index (κ1) is 20.0. The third-order valence-corrected chi connectivity index (χ3v) is 6.35. The highest BCUT2D eigenvalue weighted by Crippen LogP contribution is 2.49. The van der Waals surface area contributed by atoms with Gasteiger partial charge >= 0.3 is 16.8 Å². The number of carbonyl (C=O) groups is 2. The Balaban J connectivity index is 2.30. The molecule has 0 saturated carbocycles. The molecule has 28 heavy (non-hydrogen) atoms. The van der Waals surface area contributed by atoms with Crippen molar-refractivity contribution in [2.45, 2.75) is 10.9 Å². The highest BCUT2D eigenvalue weighted by Gasteiger charge is 2.40. The first-order valence-corrected chi connectivity index (χ1v) is 9.62. The van der Waals surface area contributed by atoms with Crippen LogP contribution < -0.4 is 14.3 Å². The molecule has 0 spiro atoms. The number of thiazole rings is 1. The zero-order valence-corrected chi connectivity index (χ0v) is 17.1. The molecule has 148 valence electrons. The standard InChI is InChI=1S/C18H17NO7S2/c1-23-9-6-5-8(7-10(9)24-2)11-12(16(20)25-3)14(17(21)26-4)27-15-13(11)28-18(22)19-15/h5-7,11H,1-4H3,(H,19,22)/t11-/m0/s1. The molecule has 1 aromatic heterocycles. The number of esters is 2. The van der Waals surface area contributed by atoms with Crippen molar-refractivity contribution in [3.05, 3.63) is 48.8 Å². The van der Waals surface area contributed by atoms with Crippen LogP contribution >= 0.6 is 23.1 Å². The van der Waals surface area contributed by atoms with Crippen molar-refractivity contribution in [2.75, 3.05) is 28.4 Å². The van der Waals surface area contributed by atoms with E-state index in [-0.39, 0.29) is 15.4 Å². The number of hydrogen-bond donors (Lipinski definition) is 1. The maximum absolute atomic E-state index is 12.6. The van der Waals surface area contributed by atoms with Gasteiger partial charge in [0.1, 0.15) is 4.91 Å². The summed E-state index contributed by atoms with van der Waals surface area (Å²) in [4.78, 5) is 40.1. The Bertz CT molecular complexity index is 1020. The SMILES string of the molecule is COC(=O)C1=C(C(=O)OC)[C@H](c2ccc(OC)c(OC)c2)c2sc(=O)[nH]c2S1. The lowest BCUT2D eigenvalue weighted by Gasteiger charge is -2.26. The normalized spacial score (nSPS) is 15.6. The van der Waals surface area contributed by atoms with E-state index in [2.05, 4.69) is 4.98 Å². The van der Waals surface area contributed by atoms with Gasteiger partial charge in [0.15, 0.2) is 11.5 Å². The second-order valence-corrected chi connectivity index (χ2v) is 7.62. The Morgan fingerprint density at radius 1 is 1.00 bits per heavy atom. The summed E-state index contributed by atoms with van der Waals surface area (Å²) < 4.78 is 20.4. The van der Waals surface area contributed by atoms with Gasteiger partial charge in [0.2, 0.25) is 0 Å². The average Bonchev–Trinajstić information content (AvgIpc) is 3.10. The topological polar surface area (TPSA) is 104 Å². The van der Waals surface area contributed by atoms with Crippen LogP contribution in [0.5, 0.6) is 11.5 Å². The predicted molar refractivity (Wildman–Crippen MR) is 103 cm³/mol. The highest BCUT2D eigenvalue weighted by molar-refractivity contribution is 8.04. The molecule has 0 saturated heterocycles. The van der Waals surface area contributed by atoms with E-state index < -0.39 is 17.9 Å². The van der Waals surface area contributed by atoms with E-state index >= 15 is 0 Å².